The number of carbonyl (C=O) groups is 1. The molecule has 1 atom stereocenters. The lowest BCUT2D eigenvalue weighted by Gasteiger charge is -2.23. The molecule has 27 heavy (non-hydrogen) atoms. The highest BCUT2D eigenvalue weighted by Gasteiger charge is 2.20. The van der Waals surface area contributed by atoms with E-state index in [9.17, 15) is 9.59 Å². The minimum absolute atomic E-state index is 0.156. The van der Waals surface area contributed by atoms with Gasteiger partial charge in [-0.25, -0.2) is 4.98 Å². The Bertz CT molecular complexity index is 1050. The summed E-state index contributed by atoms with van der Waals surface area (Å²) < 4.78 is 1.54. The van der Waals surface area contributed by atoms with Crippen LogP contribution in [0.4, 0.5) is 5.82 Å². The second kappa shape index (κ2) is 7.45. The lowest BCUT2D eigenvalue weighted by atomic mass is 9.94. The van der Waals surface area contributed by atoms with Crippen LogP contribution < -0.4 is 16.2 Å². The maximum absolute atomic E-state index is 12.9. The smallest absolute Gasteiger partial charge is 0.258 e. The molecule has 0 fully saturated rings. The number of rotatable bonds is 5. The van der Waals surface area contributed by atoms with Gasteiger partial charge in [-0.15, -0.1) is 0 Å². The van der Waals surface area contributed by atoms with Crippen LogP contribution in [0.3, 0.4) is 0 Å². The summed E-state index contributed by atoms with van der Waals surface area (Å²) in [6, 6.07) is 3.25. The maximum atomic E-state index is 12.9. The number of aryl methyl sites for hydroxylation is 1. The van der Waals surface area contributed by atoms with Crippen molar-refractivity contribution in [3.05, 3.63) is 52.1 Å². The molecular weight excluding hydrogens is 346 g/mol. The van der Waals surface area contributed by atoms with E-state index in [2.05, 4.69) is 20.8 Å². The molecule has 1 amide bonds. The third-order valence-corrected chi connectivity index (χ3v) is 4.70. The van der Waals surface area contributed by atoms with Crippen molar-refractivity contribution in [1.82, 2.24) is 14.9 Å². The summed E-state index contributed by atoms with van der Waals surface area (Å²) in [5.41, 5.74) is 3.37. The molecule has 0 radical (unpaired) electrons. The number of hydrogen-bond donors (Lipinski definition) is 3. The van der Waals surface area contributed by atoms with Crippen LogP contribution in [0.5, 0.6) is 0 Å². The van der Waals surface area contributed by atoms with Gasteiger partial charge in [-0.3, -0.25) is 9.59 Å². The number of carbonyl (C=O) groups excluding carboxylic acids is 1. The first-order chi connectivity index (χ1) is 13.0. The number of amides is 1. The van der Waals surface area contributed by atoms with Crippen molar-refractivity contribution in [2.75, 3.05) is 5.32 Å². The minimum atomic E-state index is -0.202. The first-order valence-corrected chi connectivity index (χ1v) is 8.56. The minimum Gasteiger partial charge on any atom is -0.411 e. The first kappa shape index (κ1) is 18.4. The van der Waals surface area contributed by atoms with E-state index in [1.165, 1.54) is 4.57 Å². The normalized spacial score (nSPS) is 17.1. The van der Waals surface area contributed by atoms with Crippen molar-refractivity contribution in [3.8, 4) is 0 Å². The van der Waals surface area contributed by atoms with E-state index in [-0.39, 0.29) is 11.6 Å². The van der Waals surface area contributed by atoms with Gasteiger partial charge in [0.05, 0.1) is 17.3 Å². The second-order valence-electron chi connectivity index (χ2n) is 6.31. The molecule has 0 bridgehead atoms. The fourth-order valence-corrected chi connectivity index (χ4v) is 3.21. The number of hydrogen-bond acceptors (Lipinski definition) is 6. The number of aromatic nitrogens is 2. The summed E-state index contributed by atoms with van der Waals surface area (Å²) in [6.45, 7) is 3.84. The van der Waals surface area contributed by atoms with Gasteiger partial charge in [0.15, 0.2) is 0 Å². The lowest BCUT2D eigenvalue weighted by Crippen LogP contribution is -2.34. The fraction of sp³-hybridized carbons (Fsp3) is 0.263. The molecule has 1 aliphatic rings. The van der Waals surface area contributed by atoms with Crippen LogP contribution in [0.25, 0.3) is 16.5 Å². The molecule has 3 heterocycles. The van der Waals surface area contributed by atoms with Crippen molar-refractivity contribution < 1.29 is 10.0 Å². The SMILES string of the molecule is CC/C(=N/O)C1C=C(C)C(c2cc3cnc(NC=O)cc3n(C)c2=O)=CN1. The van der Waals surface area contributed by atoms with Crippen LogP contribution >= 0.6 is 0 Å². The summed E-state index contributed by atoms with van der Waals surface area (Å²) in [5.74, 6) is 0.383. The molecule has 0 saturated carbocycles. The van der Waals surface area contributed by atoms with Crippen LogP contribution in [0, 0.1) is 0 Å². The number of fused-ring (bicyclic) bond motifs is 1. The second-order valence-corrected chi connectivity index (χ2v) is 6.31. The average Bonchev–Trinajstić information content (AvgIpc) is 2.67. The largest absolute Gasteiger partial charge is 0.411 e. The number of allylic oxidation sites excluding steroid dienone is 2. The van der Waals surface area contributed by atoms with E-state index in [0.717, 1.165) is 16.5 Å². The van der Waals surface area contributed by atoms with Gasteiger partial charge in [0, 0.05) is 42.0 Å². The van der Waals surface area contributed by atoms with Crippen molar-refractivity contribution in [2.24, 2.45) is 12.2 Å². The molecule has 0 aromatic carbocycles. The zero-order valence-electron chi connectivity index (χ0n) is 15.4. The van der Waals surface area contributed by atoms with Gasteiger partial charge in [-0.2, -0.15) is 0 Å². The van der Waals surface area contributed by atoms with Gasteiger partial charge in [-0.1, -0.05) is 18.2 Å². The Balaban J connectivity index is 2.07. The van der Waals surface area contributed by atoms with Crippen molar-refractivity contribution in [2.45, 2.75) is 26.3 Å². The van der Waals surface area contributed by atoms with E-state index in [0.29, 0.717) is 35.4 Å². The van der Waals surface area contributed by atoms with Gasteiger partial charge >= 0.3 is 0 Å². The molecule has 8 nitrogen and oxygen atoms in total. The maximum Gasteiger partial charge on any atom is 0.258 e. The summed E-state index contributed by atoms with van der Waals surface area (Å²) in [6.07, 6.45) is 6.49. The zero-order chi connectivity index (χ0) is 19.6. The van der Waals surface area contributed by atoms with E-state index in [1.54, 1.807) is 31.6 Å². The van der Waals surface area contributed by atoms with Crippen LogP contribution in [0.1, 0.15) is 25.8 Å². The summed E-state index contributed by atoms with van der Waals surface area (Å²) in [4.78, 5) is 27.7. The highest BCUT2D eigenvalue weighted by molar-refractivity contribution is 5.94. The number of anilines is 1. The molecule has 8 heteroatoms. The molecule has 1 aliphatic heterocycles. The van der Waals surface area contributed by atoms with Crippen LogP contribution in [-0.2, 0) is 11.8 Å². The molecule has 2 aromatic rings. The monoisotopic (exact) mass is 367 g/mol. The quantitative estimate of drug-likeness (QED) is 0.324. The molecule has 2 aromatic heterocycles. The molecular formula is C19H21N5O3. The van der Waals surface area contributed by atoms with Crippen LogP contribution in [0.2, 0.25) is 0 Å². The van der Waals surface area contributed by atoms with Gasteiger partial charge < -0.3 is 20.4 Å². The summed E-state index contributed by atoms with van der Waals surface area (Å²) in [5, 5.41) is 18.9. The highest BCUT2D eigenvalue weighted by Crippen LogP contribution is 2.26. The molecule has 0 saturated heterocycles. The molecule has 1 unspecified atom stereocenters. The first-order valence-electron chi connectivity index (χ1n) is 8.56. The van der Waals surface area contributed by atoms with Gasteiger partial charge in [0.1, 0.15) is 5.82 Å². The molecule has 0 aliphatic carbocycles. The van der Waals surface area contributed by atoms with E-state index >= 15 is 0 Å². The summed E-state index contributed by atoms with van der Waals surface area (Å²) in [7, 11) is 1.69. The number of pyridine rings is 2. The standard InChI is InChI=1S/C19H21N5O3/c1-4-15(23-27)16-5-11(2)14(9-20-16)13-6-12-8-21-18(22-10-25)7-17(12)24(3)19(13)26/h5-10,16,20,27H,4H2,1-3H3,(H,21,22,25)/b23-15-. The third kappa shape index (κ3) is 3.33. The molecule has 140 valence electrons. The third-order valence-electron chi connectivity index (χ3n) is 4.70. The molecule has 3 N–H and O–H groups in total. The van der Waals surface area contributed by atoms with Crippen LogP contribution in [-0.4, -0.2) is 32.9 Å². The van der Waals surface area contributed by atoms with Crippen molar-refractivity contribution >= 4 is 34.4 Å². The van der Waals surface area contributed by atoms with Crippen molar-refractivity contribution in [1.29, 1.82) is 0 Å². The Labute approximate surface area is 155 Å². The Kier molecular flexibility index (Phi) is 5.07. The van der Waals surface area contributed by atoms with Gasteiger partial charge in [0.2, 0.25) is 6.41 Å². The Morgan fingerprint density at radius 1 is 1.48 bits per heavy atom. The Hall–Kier alpha value is -3.42. The average molecular weight is 367 g/mol. The topological polar surface area (TPSA) is 109 Å². The highest BCUT2D eigenvalue weighted by atomic mass is 16.4. The molecule has 3 rings (SSSR count). The zero-order valence-corrected chi connectivity index (χ0v) is 15.4. The Morgan fingerprint density at radius 2 is 2.26 bits per heavy atom. The van der Waals surface area contributed by atoms with Gasteiger partial charge in [0.25, 0.3) is 5.56 Å². The van der Waals surface area contributed by atoms with Gasteiger partial charge in [-0.05, 0) is 25.0 Å². The molecule has 0 spiro atoms. The number of dihydropyridines is 1. The van der Waals surface area contributed by atoms with Crippen molar-refractivity contribution in [3.63, 3.8) is 0 Å². The Morgan fingerprint density at radius 3 is 2.89 bits per heavy atom. The van der Waals surface area contributed by atoms with E-state index in [4.69, 9.17) is 5.21 Å². The number of oxime groups is 1. The predicted molar refractivity (Wildman–Crippen MR) is 105 cm³/mol. The van der Waals surface area contributed by atoms with E-state index < -0.39 is 0 Å². The lowest BCUT2D eigenvalue weighted by molar-refractivity contribution is -0.105. The summed E-state index contributed by atoms with van der Waals surface area (Å²) >= 11 is 0. The fourth-order valence-electron chi connectivity index (χ4n) is 3.21. The predicted octanol–water partition coefficient (Wildman–Crippen LogP) is 2.00. The number of nitrogens with zero attached hydrogens (tertiary/aromatic N) is 3. The van der Waals surface area contributed by atoms with Crippen LogP contribution in [0.15, 0.2) is 46.1 Å². The number of nitrogens with one attached hydrogen (secondary N) is 2. The van der Waals surface area contributed by atoms with E-state index in [1.807, 2.05) is 19.9 Å².